The van der Waals surface area contributed by atoms with Gasteiger partial charge >= 0.3 is 0 Å². The van der Waals surface area contributed by atoms with E-state index in [-0.39, 0.29) is 5.04 Å². The molecule has 0 atom stereocenters. The zero-order valence-electron chi connectivity index (χ0n) is 14.6. The molecule has 126 valence electrons. The van der Waals surface area contributed by atoms with Crippen LogP contribution < -0.4 is 10.4 Å². The SMILES string of the molecule is CC(C)(C)[Si](OC/C=C/C=C\I)(c1ccccc1)c1ccccc1. The van der Waals surface area contributed by atoms with Crippen molar-refractivity contribution in [1.29, 1.82) is 0 Å². The highest BCUT2D eigenvalue weighted by atomic mass is 127. The molecule has 1 nitrogen and oxygen atoms in total. The third kappa shape index (κ3) is 4.26. The molecular weight excluding hydrogens is 423 g/mol. The van der Waals surface area contributed by atoms with Gasteiger partial charge < -0.3 is 4.43 Å². The zero-order valence-corrected chi connectivity index (χ0v) is 17.7. The molecule has 0 aliphatic carbocycles. The second-order valence-electron chi connectivity index (χ2n) is 6.72. The fourth-order valence-electron chi connectivity index (χ4n) is 3.11. The molecule has 0 fully saturated rings. The first-order valence-electron chi connectivity index (χ1n) is 8.19. The van der Waals surface area contributed by atoms with Crippen LogP contribution in [0, 0.1) is 0 Å². The number of rotatable bonds is 6. The Balaban J connectivity index is 2.53. The number of hydrogen-bond donors (Lipinski definition) is 0. The van der Waals surface area contributed by atoms with Crippen molar-refractivity contribution >= 4 is 41.3 Å². The minimum atomic E-state index is -2.39. The summed E-state index contributed by atoms with van der Waals surface area (Å²) in [4.78, 5) is 0. The summed E-state index contributed by atoms with van der Waals surface area (Å²) in [6.45, 7) is 7.52. The van der Waals surface area contributed by atoms with Crippen LogP contribution in [0.3, 0.4) is 0 Å². The molecule has 0 aromatic heterocycles. The fraction of sp³-hybridized carbons (Fsp3) is 0.238. The van der Waals surface area contributed by atoms with Crippen LogP contribution in [0.15, 0.2) is 83.0 Å². The van der Waals surface area contributed by atoms with Gasteiger partial charge in [-0.05, 0) is 19.5 Å². The van der Waals surface area contributed by atoms with E-state index >= 15 is 0 Å². The summed E-state index contributed by atoms with van der Waals surface area (Å²) >= 11 is 2.22. The summed E-state index contributed by atoms with van der Waals surface area (Å²) in [5.41, 5.74) is 0. The van der Waals surface area contributed by atoms with Crippen molar-refractivity contribution in [2.24, 2.45) is 0 Å². The normalized spacial score (nSPS) is 13.0. The van der Waals surface area contributed by atoms with Crippen molar-refractivity contribution in [3.8, 4) is 0 Å². The molecule has 0 bridgehead atoms. The molecular formula is C21H25IOSi. The van der Waals surface area contributed by atoms with Crippen molar-refractivity contribution in [2.45, 2.75) is 25.8 Å². The fourth-order valence-corrected chi connectivity index (χ4v) is 7.85. The molecule has 0 aliphatic rings. The largest absolute Gasteiger partial charge is 0.404 e. The second kappa shape index (κ2) is 8.79. The van der Waals surface area contributed by atoms with Gasteiger partial charge in [0.1, 0.15) is 0 Å². The number of halogens is 1. The van der Waals surface area contributed by atoms with Crippen molar-refractivity contribution in [1.82, 2.24) is 0 Å². The average molecular weight is 448 g/mol. The highest BCUT2D eigenvalue weighted by Crippen LogP contribution is 2.36. The van der Waals surface area contributed by atoms with E-state index < -0.39 is 8.32 Å². The minimum absolute atomic E-state index is 0.0304. The summed E-state index contributed by atoms with van der Waals surface area (Å²) < 4.78 is 8.73. The smallest absolute Gasteiger partial charge is 0.261 e. The van der Waals surface area contributed by atoms with Crippen LogP contribution in [0.1, 0.15) is 20.8 Å². The molecule has 0 unspecified atom stereocenters. The predicted molar refractivity (Wildman–Crippen MR) is 116 cm³/mol. The van der Waals surface area contributed by atoms with Crippen molar-refractivity contribution in [2.75, 3.05) is 6.61 Å². The van der Waals surface area contributed by atoms with Gasteiger partial charge in [-0.3, -0.25) is 0 Å². The van der Waals surface area contributed by atoms with Crippen LogP contribution in [-0.2, 0) is 4.43 Å². The van der Waals surface area contributed by atoms with E-state index in [0.29, 0.717) is 6.61 Å². The molecule has 24 heavy (non-hydrogen) atoms. The third-order valence-electron chi connectivity index (χ3n) is 4.13. The molecule has 0 spiro atoms. The van der Waals surface area contributed by atoms with Gasteiger partial charge in [0.2, 0.25) is 0 Å². The van der Waals surface area contributed by atoms with Crippen LogP contribution in [-0.4, -0.2) is 14.9 Å². The average Bonchev–Trinajstić information content (AvgIpc) is 2.59. The molecule has 0 heterocycles. The predicted octanol–water partition coefficient (Wildman–Crippen LogP) is 5.07. The van der Waals surface area contributed by atoms with Crippen LogP contribution in [0.4, 0.5) is 0 Å². The van der Waals surface area contributed by atoms with Gasteiger partial charge in [-0.2, -0.15) is 0 Å². The Morgan fingerprint density at radius 2 is 1.38 bits per heavy atom. The Morgan fingerprint density at radius 3 is 1.79 bits per heavy atom. The molecule has 2 aromatic rings. The summed E-state index contributed by atoms with van der Waals surface area (Å²) in [5.74, 6) is 0. The second-order valence-corrected chi connectivity index (χ2v) is 11.7. The summed E-state index contributed by atoms with van der Waals surface area (Å²) in [6, 6.07) is 21.5. The van der Waals surface area contributed by atoms with Crippen LogP contribution >= 0.6 is 22.6 Å². The molecule has 2 rings (SSSR count). The van der Waals surface area contributed by atoms with E-state index in [4.69, 9.17) is 4.43 Å². The van der Waals surface area contributed by atoms with E-state index in [2.05, 4.69) is 110 Å². The lowest BCUT2D eigenvalue weighted by Gasteiger charge is -2.42. The standard InChI is InChI=1S/C21H25IOSi/c1-21(2,3)24(19-13-7-4-8-14-19,20-15-9-5-10-16-20)23-18-12-6-11-17-22/h4-17H,18H2,1-3H3/b12-6+,17-11-. The lowest BCUT2D eigenvalue weighted by molar-refractivity contribution is 0.339. The van der Waals surface area contributed by atoms with Gasteiger partial charge in [-0.1, -0.05) is 122 Å². The molecule has 0 N–H and O–H groups in total. The van der Waals surface area contributed by atoms with E-state index in [1.54, 1.807) is 0 Å². The Hall–Kier alpha value is -1.17. The van der Waals surface area contributed by atoms with E-state index in [1.807, 2.05) is 16.2 Å². The molecule has 3 heteroatoms. The Bertz CT molecular complexity index is 632. The number of benzene rings is 2. The van der Waals surface area contributed by atoms with Crippen molar-refractivity contribution in [3.63, 3.8) is 0 Å². The van der Waals surface area contributed by atoms with E-state index in [0.717, 1.165) is 0 Å². The van der Waals surface area contributed by atoms with Crippen LogP contribution in [0.5, 0.6) is 0 Å². The third-order valence-corrected chi connectivity index (χ3v) is 9.55. The maximum absolute atomic E-state index is 6.73. The highest BCUT2D eigenvalue weighted by molar-refractivity contribution is 14.1. The Labute approximate surface area is 160 Å². The maximum atomic E-state index is 6.73. The minimum Gasteiger partial charge on any atom is -0.404 e. The first-order valence-corrected chi connectivity index (χ1v) is 11.3. The van der Waals surface area contributed by atoms with Crippen LogP contribution in [0.2, 0.25) is 5.04 Å². The lowest BCUT2D eigenvalue weighted by atomic mass is 10.2. The Morgan fingerprint density at radius 1 is 0.875 bits per heavy atom. The van der Waals surface area contributed by atoms with Gasteiger partial charge in [0.25, 0.3) is 8.32 Å². The van der Waals surface area contributed by atoms with Crippen molar-refractivity contribution in [3.05, 3.63) is 83.0 Å². The molecule has 2 aromatic carbocycles. The van der Waals surface area contributed by atoms with Gasteiger partial charge in [-0.15, -0.1) is 0 Å². The van der Waals surface area contributed by atoms with Gasteiger partial charge in [0.15, 0.2) is 0 Å². The molecule has 0 amide bonds. The molecule has 0 saturated heterocycles. The van der Waals surface area contributed by atoms with Gasteiger partial charge in [-0.25, -0.2) is 0 Å². The van der Waals surface area contributed by atoms with Gasteiger partial charge in [0.05, 0.1) is 6.61 Å². The monoisotopic (exact) mass is 448 g/mol. The van der Waals surface area contributed by atoms with E-state index in [1.165, 1.54) is 10.4 Å². The molecule has 0 radical (unpaired) electrons. The quantitative estimate of drug-likeness (QED) is 0.341. The zero-order chi connectivity index (χ0) is 17.5. The Kier molecular flexibility index (Phi) is 7.01. The topological polar surface area (TPSA) is 9.23 Å². The highest BCUT2D eigenvalue weighted by Gasteiger charge is 2.49. The first-order chi connectivity index (χ1) is 11.5. The van der Waals surface area contributed by atoms with Crippen LogP contribution in [0.25, 0.3) is 0 Å². The maximum Gasteiger partial charge on any atom is 0.261 e. The molecule has 0 saturated carbocycles. The van der Waals surface area contributed by atoms with Crippen molar-refractivity contribution < 1.29 is 4.43 Å². The number of allylic oxidation sites excluding steroid dienone is 2. The summed E-state index contributed by atoms with van der Waals surface area (Å²) in [5, 5.41) is 2.67. The number of hydrogen-bond acceptors (Lipinski definition) is 1. The van der Waals surface area contributed by atoms with E-state index in [9.17, 15) is 0 Å². The molecule has 0 aliphatic heterocycles. The summed E-state index contributed by atoms with van der Waals surface area (Å²) in [7, 11) is -2.39. The lowest BCUT2D eigenvalue weighted by Crippen LogP contribution is -2.66. The summed E-state index contributed by atoms with van der Waals surface area (Å²) in [6.07, 6.45) is 6.16. The van der Waals surface area contributed by atoms with Gasteiger partial charge in [0, 0.05) is 0 Å². The first kappa shape index (κ1) is 19.2.